The first-order valence-electron chi connectivity index (χ1n) is 7.42. The lowest BCUT2D eigenvalue weighted by atomic mass is 9.99. The second-order valence-corrected chi connectivity index (χ2v) is 6.00. The number of aryl methyl sites for hydroxylation is 2. The summed E-state index contributed by atoms with van der Waals surface area (Å²) in [5.41, 5.74) is 6.91. The lowest BCUT2D eigenvalue weighted by molar-refractivity contribution is 0.0438. The molecule has 20 heavy (non-hydrogen) atoms. The zero-order valence-electron chi connectivity index (χ0n) is 13.1. The summed E-state index contributed by atoms with van der Waals surface area (Å²) in [5.74, 6) is 0. The van der Waals surface area contributed by atoms with E-state index in [0.717, 1.165) is 31.7 Å². The van der Waals surface area contributed by atoms with Crippen LogP contribution in [0.3, 0.4) is 0 Å². The second kappa shape index (κ2) is 6.68. The number of hydrogen-bond acceptors (Lipinski definition) is 4. The third kappa shape index (κ3) is 3.79. The molecule has 0 aromatic heterocycles. The van der Waals surface area contributed by atoms with Crippen molar-refractivity contribution in [2.45, 2.75) is 32.9 Å². The van der Waals surface area contributed by atoms with Crippen molar-refractivity contribution in [3.63, 3.8) is 0 Å². The van der Waals surface area contributed by atoms with E-state index < -0.39 is 6.10 Å². The van der Waals surface area contributed by atoms with Gasteiger partial charge in [0, 0.05) is 32.2 Å². The topological polar surface area (TPSA) is 38.7 Å². The SMILES string of the molecule is Cc1ccc(C(O)C(C)NN2CCN(C)CC2)cc1C. The fourth-order valence-electron chi connectivity index (χ4n) is 2.53. The number of likely N-dealkylation sites (N-methyl/N-ethyl adjacent to an activating group) is 1. The van der Waals surface area contributed by atoms with E-state index in [4.69, 9.17) is 0 Å². The average molecular weight is 277 g/mol. The lowest BCUT2D eigenvalue weighted by Gasteiger charge is -2.35. The minimum absolute atomic E-state index is 0.0144. The van der Waals surface area contributed by atoms with Crippen LogP contribution in [0.5, 0.6) is 0 Å². The van der Waals surface area contributed by atoms with Crippen LogP contribution in [-0.4, -0.2) is 54.3 Å². The Morgan fingerprint density at radius 2 is 1.75 bits per heavy atom. The van der Waals surface area contributed by atoms with Gasteiger partial charge in [0.15, 0.2) is 0 Å². The quantitative estimate of drug-likeness (QED) is 0.874. The molecule has 4 heteroatoms. The van der Waals surface area contributed by atoms with Gasteiger partial charge in [-0.1, -0.05) is 18.2 Å². The zero-order valence-corrected chi connectivity index (χ0v) is 13.1. The Morgan fingerprint density at radius 1 is 1.10 bits per heavy atom. The van der Waals surface area contributed by atoms with Gasteiger partial charge in [-0.05, 0) is 44.5 Å². The number of nitrogens with zero attached hydrogens (tertiary/aromatic N) is 2. The smallest absolute Gasteiger partial charge is 0.0953 e. The van der Waals surface area contributed by atoms with E-state index in [9.17, 15) is 5.11 Å². The van der Waals surface area contributed by atoms with Crippen molar-refractivity contribution in [2.75, 3.05) is 33.2 Å². The van der Waals surface area contributed by atoms with E-state index in [0.29, 0.717) is 0 Å². The first-order chi connectivity index (χ1) is 9.47. The van der Waals surface area contributed by atoms with Gasteiger partial charge in [-0.3, -0.25) is 0 Å². The predicted molar refractivity (Wildman–Crippen MR) is 82.5 cm³/mol. The van der Waals surface area contributed by atoms with E-state index in [-0.39, 0.29) is 6.04 Å². The van der Waals surface area contributed by atoms with Gasteiger partial charge in [0.05, 0.1) is 6.10 Å². The summed E-state index contributed by atoms with van der Waals surface area (Å²) in [6.07, 6.45) is -0.478. The van der Waals surface area contributed by atoms with Crippen molar-refractivity contribution in [3.8, 4) is 0 Å². The molecule has 1 aromatic rings. The molecular formula is C16H27N3O. The second-order valence-electron chi connectivity index (χ2n) is 6.00. The highest BCUT2D eigenvalue weighted by atomic mass is 16.3. The molecule has 1 saturated heterocycles. The lowest BCUT2D eigenvalue weighted by Crippen LogP contribution is -2.54. The molecule has 1 fully saturated rings. The molecule has 0 saturated carbocycles. The molecule has 2 unspecified atom stereocenters. The molecule has 4 nitrogen and oxygen atoms in total. The Kier molecular flexibility index (Phi) is 5.16. The number of benzene rings is 1. The van der Waals surface area contributed by atoms with E-state index >= 15 is 0 Å². The number of hydrazine groups is 1. The molecule has 0 bridgehead atoms. The summed E-state index contributed by atoms with van der Waals surface area (Å²) in [6, 6.07) is 6.20. The highest BCUT2D eigenvalue weighted by molar-refractivity contribution is 5.31. The summed E-state index contributed by atoms with van der Waals surface area (Å²) < 4.78 is 0. The van der Waals surface area contributed by atoms with Gasteiger partial charge in [-0.2, -0.15) is 0 Å². The van der Waals surface area contributed by atoms with Gasteiger partial charge in [-0.15, -0.1) is 0 Å². The molecule has 1 heterocycles. The molecule has 0 spiro atoms. The molecular weight excluding hydrogens is 250 g/mol. The van der Waals surface area contributed by atoms with Gasteiger partial charge in [-0.25, -0.2) is 10.4 Å². The van der Waals surface area contributed by atoms with Crippen LogP contribution >= 0.6 is 0 Å². The van der Waals surface area contributed by atoms with Crippen molar-refractivity contribution in [1.82, 2.24) is 15.3 Å². The number of nitrogens with one attached hydrogen (secondary N) is 1. The molecule has 2 rings (SSSR count). The molecule has 0 amide bonds. The van der Waals surface area contributed by atoms with Crippen LogP contribution in [0, 0.1) is 13.8 Å². The Balaban J connectivity index is 1.94. The maximum Gasteiger partial charge on any atom is 0.0953 e. The van der Waals surface area contributed by atoms with Crippen LogP contribution in [0.4, 0.5) is 0 Å². The number of hydrogen-bond donors (Lipinski definition) is 2. The Labute approximate surface area is 122 Å². The zero-order chi connectivity index (χ0) is 14.7. The monoisotopic (exact) mass is 277 g/mol. The Hall–Kier alpha value is -0.940. The van der Waals surface area contributed by atoms with Crippen molar-refractivity contribution < 1.29 is 5.11 Å². The van der Waals surface area contributed by atoms with Crippen LogP contribution in [-0.2, 0) is 0 Å². The van der Waals surface area contributed by atoms with Crippen molar-refractivity contribution in [3.05, 3.63) is 34.9 Å². The number of aliphatic hydroxyl groups is 1. The van der Waals surface area contributed by atoms with E-state index in [1.807, 2.05) is 13.0 Å². The molecule has 112 valence electrons. The fourth-order valence-corrected chi connectivity index (χ4v) is 2.53. The summed E-state index contributed by atoms with van der Waals surface area (Å²) in [4.78, 5) is 2.32. The summed E-state index contributed by atoms with van der Waals surface area (Å²) in [7, 11) is 2.14. The normalized spacial score (nSPS) is 20.9. The van der Waals surface area contributed by atoms with Crippen molar-refractivity contribution in [1.29, 1.82) is 0 Å². The first kappa shape index (κ1) is 15.4. The summed E-state index contributed by atoms with van der Waals surface area (Å²) in [5, 5.41) is 12.7. The third-order valence-electron chi connectivity index (χ3n) is 4.24. The highest BCUT2D eigenvalue weighted by Gasteiger charge is 2.21. The van der Waals surface area contributed by atoms with E-state index in [1.54, 1.807) is 0 Å². The average Bonchev–Trinajstić information content (AvgIpc) is 2.43. The van der Waals surface area contributed by atoms with E-state index in [2.05, 4.69) is 48.4 Å². The molecule has 1 aliphatic rings. The van der Waals surface area contributed by atoms with Gasteiger partial charge in [0.1, 0.15) is 0 Å². The largest absolute Gasteiger partial charge is 0.387 e. The van der Waals surface area contributed by atoms with E-state index in [1.165, 1.54) is 11.1 Å². The molecule has 2 N–H and O–H groups in total. The third-order valence-corrected chi connectivity index (χ3v) is 4.24. The standard InChI is InChI=1S/C16H27N3O/c1-12-5-6-15(11-13(12)2)16(20)14(3)17-19-9-7-18(4)8-10-19/h5-6,11,14,16-17,20H,7-10H2,1-4H3. The minimum Gasteiger partial charge on any atom is -0.387 e. The molecule has 0 aliphatic carbocycles. The maximum absolute atomic E-state index is 10.5. The van der Waals surface area contributed by atoms with Crippen LogP contribution in [0.2, 0.25) is 0 Å². The number of rotatable bonds is 4. The van der Waals surface area contributed by atoms with Crippen molar-refractivity contribution in [2.24, 2.45) is 0 Å². The van der Waals surface area contributed by atoms with Crippen LogP contribution in [0.15, 0.2) is 18.2 Å². The maximum atomic E-state index is 10.5. The highest BCUT2D eigenvalue weighted by Crippen LogP contribution is 2.20. The van der Waals surface area contributed by atoms with Crippen LogP contribution in [0.25, 0.3) is 0 Å². The summed E-state index contributed by atoms with van der Waals surface area (Å²) in [6.45, 7) is 10.4. The molecule has 2 atom stereocenters. The molecule has 0 radical (unpaired) electrons. The summed E-state index contributed by atoms with van der Waals surface area (Å²) >= 11 is 0. The van der Waals surface area contributed by atoms with Gasteiger partial charge in [0.25, 0.3) is 0 Å². The van der Waals surface area contributed by atoms with Gasteiger partial charge < -0.3 is 10.0 Å². The minimum atomic E-state index is -0.478. The van der Waals surface area contributed by atoms with Gasteiger partial charge in [0.2, 0.25) is 0 Å². The van der Waals surface area contributed by atoms with Gasteiger partial charge >= 0.3 is 0 Å². The van der Waals surface area contributed by atoms with Crippen molar-refractivity contribution >= 4 is 0 Å². The molecule has 1 aromatic carbocycles. The molecule has 1 aliphatic heterocycles. The van der Waals surface area contributed by atoms with Crippen LogP contribution < -0.4 is 5.43 Å². The fraction of sp³-hybridized carbons (Fsp3) is 0.625. The predicted octanol–water partition coefficient (Wildman–Crippen LogP) is 1.48. The Bertz CT molecular complexity index is 441. The number of piperazine rings is 1. The first-order valence-corrected chi connectivity index (χ1v) is 7.42. The van der Waals surface area contributed by atoms with Crippen LogP contribution in [0.1, 0.15) is 29.7 Å². The number of aliphatic hydroxyl groups excluding tert-OH is 1. The Morgan fingerprint density at radius 3 is 2.35 bits per heavy atom.